The molecule has 4 N–H and O–H groups in total. The molecule has 1 aliphatic rings. The summed E-state index contributed by atoms with van der Waals surface area (Å²) in [6, 6.07) is 5.44. The first-order valence-corrected chi connectivity index (χ1v) is 10.2. The van der Waals surface area contributed by atoms with Crippen molar-refractivity contribution in [2.24, 2.45) is 16.6 Å². The first-order chi connectivity index (χ1) is 13.0. The van der Waals surface area contributed by atoms with Crippen LogP contribution in [0.5, 0.6) is 0 Å². The van der Waals surface area contributed by atoms with E-state index in [1.165, 1.54) is 0 Å². The Morgan fingerprint density at radius 3 is 2.82 bits per heavy atom. The molecule has 1 atom stereocenters. The number of rotatable bonds is 8. The molecule has 0 aromatic heterocycles. The third kappa shape index (κ3) is 8.71. The number of guanidine groups is 1. The Balaban J connectivity index is 0.00000392. The van der Waals surface area contributed by atoms with E-state index in [4.69, 9.17) is 28.9 Å². The maximum absolute atomic E-state index is 11.4. The van der Waals surface area contributed by atoms with Gasteiger partial charge in [0, 0.05) is 29.7 Å². The second-order valence-electron chi connectivity index (χ2n) is 6.75. The number of nitrogens with two attached hydrogens (primary N) is 1. The topological polar surface area (TPSA) is 82.8 Å². The summed E-state index contributed by atoms with van der Waals surface area (Å²) >= 11 is 12.1. The quantitative estimate of drug-likeness (QED) is 0.204. The normalized spacial score (nSPS) is 17.7. The summed E-state index contributed by atoms with van der Waals surface area (Å²) < 4.78 is 0. The fraction of sp³-hybridized carbons (Fsp3) is 0.579. The molecule has 0 saturated carbocycles. The second kappa shape index (κ2) is 13.5. The maximum atomic E-state index is 11.4. The Morgan fingerprint density at radius 2 is 2.14 bits per heavy atom. The summed E-state index contributed by atoms with van der Waals surface area (Å²) in [4.78, 5) is 18.3. The highest BCUT2D eigenvalue weighted by atomic mass is 127. The van der Waals surface area contributed by atoms with Crippen molar-refractivity contribution in [3.8, 4) is 0 Å². The van der Waals surface area contributed by atoms with Gasteiger partial charge in [-0.15, -0.1) is 24.0 Å². The number of benzene rings is 1. The molecule has 0 spiro atoms. The number of amides is 1. The zero-order valence-corrected chi connectivity index (χ0v) is 20.1. The number of piperidine rings is 1. The monoisotopic (exact) mass is 541 g/mol. The number of hydrogen-bond acceptors (Lipinski definition) is 3. The summed E-state index contributed by atoms with van der Waals surface area (Å²) in [6.45, 7) is 6.86. The molecule has 0 bridgehead atoms. The van der Waals surface area contributed by atoms with Gasteiger partial charge in [0.05, 0.1) is 12.5 Å². The van der Waals surface area contributed by atoms with Gasteiger partial charge in [-0.2, -0.15) is 0 Å². The van der Waals surface area contributed by atoms with Crippen molar-refractivity contribution in [1.82, 2.24) is 15.5 Å². The van der Waals surface area contributed by atoms with Gasteiger partial charge in [0.25, 0.3) is 0 Å². The number of hydrogen-bond donors (Lipinski definition) is 3. The largest absolute Gasteiger partial charge is 0.369 e. The van der Waals surface area contributed by atoms with Crippen LogP contribution in [0.25, 0.3) is 0 Å². The van der Waals surface area contributed by atoms with Crippen molar-refractivity contribution in [2.75, 3.05) is 32.7 Å². The highest BCUT2D eigenvalue weighted by molar-refractivity contribution is 14.0. The molecule has 0 aliphatic carbocycles. The maximum Gasteiger partial charge on any atom is 0.221 e. The van der Waals surface area contributed by atoms with Gasteiger partial charge in [0.15, 0.2) is 5.96 Å². The van der Waals surface area contributed by atoms with E-state index in [0.717, 1.165) is 63.5 Å². The highest BCUT2D eigenvalue weighted by Gasteiger charge is 2.23. The van der Waals surface area contributed by atoms with Crippen LogP contribution in [0.3, 0.4) is 0 Å². The van der Waals surface area contributed by atoms with Crippen LogP contribution in [-0.4, -0.2) is 49.5 Å². The van der Waals surface area contributed by atoms with Crippen molar-refractivity contribution >= 4 is 59.0 Å². The Hall–Kier alpha value is -0.770. The minimum atomic E-state index is -0.180. The fourth-order valence-electron chi connectivity index (χ4n) is 3.16. The van der Waals surface area contributed by atoms with E-state index >= 15 is 0 Å². The molecule has 1 aliphatic heterocycles. The van der Waals surface area contributed by atoms with E-state index in [9.17, 15) is 4.79 Å². The first kappa shape index (κ1) is 25.3. The van der Waals surface area contributed by atoms with E-state index in [2.05, 4.69) is 20.5 Å². The molecule has 1 aromatic carbocycles. The predicted octanol–water partition coefficient (Wildman–Crippen LogP) is 3.25. The molecule has 0 radical (unpaired) electrons. The van der Waals surface area contributed by atoms with E-state index in [-0.39, 0.29) is 35.8 Å². The zero-order chi connectivity index (χ0) is 19.6. The number of nitrogens with one attached hydrogen (secondary N) is 2. The Kier molecular flexibility index (Phi) is 12.1. The van der Waals surface area contributed by atoms with Crippen LogP contribution in [0, 0.1) is 5.92 Å². The van der Waals surface area contributed by atoms with Gasteiger partial charge in [-0.3, -0.25) is 4.79 Å². The second-order valence-corrected chi connectivity index (χ2v) is 7.60. The molecule has 9 heteroatoms. The van der Waals surface area contributed by atoms with Gasteiger partial charge in [-0.05, 0) is 57.0 Å². The summed E-state index contributed by atoms with van der Waals surface area (Å²) in [5.41, 5.74) is 6.37. The van der Waals surface area contributed by atoms with Crippen LogP contribution in [0.2, 0.25) is 10.0 Å². The number of primary amides is 1. The zero-order valence-electron chi connectivity index (χ0n) is 16.2. The lowest BCUT2D eigenvalue weighted by atomic mass is 9.97. The standard InChI is InChI=1S/C19H29Cl2N5O.HI/c1-2-23-19(25-12-14-6-7-16(20)11-17(14)21)24-8-4-10-26-9-3-5-15(13-26)18(22)27;/h6-7,11,15H,2-5,8-10,12-13H2,1H3,(H2,22,27)(H2,23,24,25);1H. The lowest BCUT2D eigenvalue weighted by molar-refractivity contribution is -0.123. The summed E-state index contributed by atoms with van der Waals surface area (Å²) in [5, 5.41) is 7.83. The third-order valence-electron chi connectivity index (χ3n) is 4.62. The summed E-state index contributed by atoms with van der Waals surface area (Å²) in [7, 11) is 0. The third-order valence-corrected chi connectivity index (χ3v) is 5.21. The number of carbonyl (C=O) groups excluding carboxylic acids is 1. The Bertz CT molecular complexity index is 659. The fourth-order valence-corrected chi connectivity index (χ4v) is 3.62. The number of likely N-dealkylation sites (tertiary alicyclic amines) is 1. The molecule has 1 aromatic rings. The smallest absolute Gasteiger partial charge is 0.221 e. The minimum absolute atomic E-state index is 0. The van der Waals surface area contributed by atoms with Crippen molar-refractivity contribution < 1.29 is 4.79 Å². The van der Waals surface area contributed by atoms with Crippen molar-refractivity contribution in [3.63, 3.8) is 0 Å². The van der Waals surface area contributed by atoms with Crippen LogP contribution in [0.4, 0.5) is 0 Å². The van der Waals surface area contributed by atoms with Crippen LogP contribution < -0.4 is 16.4 Å². The molecule has 1 unspecified atom stereocenters. The Labute approximate surface area is 194 Å². The molecule has 2 rings (SSSR count). The molecule has 28 heavy (non-hydrogen) atoms. The SMILES string of the molecule is CCNC(=NCc1ccc(Cl)cc1Cl)NCCCN1CCCC(C(N)=O)C1.I. The predicted molar refractivity (Wildman–Crippen MR) is 128 cm³/mol. The van der Waals surface area contributed by atoms with Crippen molar-refractivity contribution in [3.05, 3.63) is 33.8 Å². The molecule has 6 nitrogen and oxygen atoms in total. The van der Waals surface area contributed by atoms with Gasteiger partial charge in [-0.25, -0.2) is 4.99 Å². The van der Waals surface area contributed by atoms with Gasteiger partial charge in [0.1, 0.15) is 0 Å². The van der Waals surface area contributed by atoms with Crippen molar-refractivity contribution in [1.29, 1.82) is 0 Å². The summed E-state index contributed by atoms with van der Waals surface area (Å²) in [6.07, 6.45) is 2.92. The molecular formula is C19H30Cl2IN5O. The average Bonchev–Trinajstić information content (AvgIpc) is 2.64. The number of nitrogens with zero attached hydrogens (tertiary/aromatic N) is 2. The van der Waals surface area contributed by atoms with Gasteiger partial charge < -0.3 is 21.3 Å². The van der Waals surface area contributed by atoms with E-state index in [0.29, 0.717) is 16.6 Å². The molecule has 1 amide bonds. The van der Waals surface area contributed by atoms with Crippen molar-refractivity contribution in [2.45, 2.75) is 32.7 Å². The highest BCUT2D eigenvalue weighted by Crippen LogP contribution is 2.21. The van der Waals surface area contributed by atoms with Crippen LogP contribution in [0.15, 0.2) is 23.2 Å². The lowest BCUT2D eigenvalue weighted by Crippen LogP contribution is -2.43. The average molecular weight is 542 g/mol. The number of carbonyl (C=O) groups is 1. The van der Waals surface area contributed by atoms with Crippen LogP contribution in [0.1, 0.15) is 31.7 Å². The van der Waals surface area contributed by atoms with E-state index in [1.807, 2.05) is 19.1 Å². The molecular weight excluding hydrogens is 512 g/mol. The van der Waals surface area contributed by atoms with Gasteiger partial charge >= 0.3 is 0 Å². The van der Waals surface area contributed by atoms with Gasteiger partial charge in [0.2, 0.25) is 5.91 Å². The van der Waals surface area contributed by atoms with E-state index in [1.54, 1.807) is 6.07 Å². The van der Waals surface area contributed by atoms with Gasteiger partial charge in [-0.1, -0.05) is 29.3 Å². The molecule has 1 heterocycles. The number of aliphatic imine (C=N–C) groups is 1. The van der Waals surface area contributed by atoms with Crippen LogP contribution >= 0.6 is 47.2 Å². The minimum Gasteiger partial charge on any atom is -0.369 e. The lowest BCUT2D eigenvalue weighted by Gasteiger charge is -2.31. The summed E-state index contributed by atoms with van der Waals surface area (Å²) in [5.74, 6) is 0.576. The van der Waals surface area contributed by atoms with Crippen LogP contribution in [-0.2, 0) is 11.3 Å². The molecule has 1 fully saturated rings. The molecule has 1 saturated heterocycles. The Morgan fingerprint density at radius 1 is 1.36 bits per heavy atom. The first-order valence-electron chi connectivity index (χ1n) is 9.47. The molecule has 158 valence electrons. The van der Waals surface area contributed by atoms with E-state index < -0.39 is 0 Å². The number of halogens is 3.